The number of hydrogen-bond acceptors (Lipinski definition) is 4. The minimum Gasteiger partial charge on any atom is -0.496 e. The van der Waals surface area contributed by atoms with Crippen LogP contribution in [0.25, 0.3) is 0 Å². The van der Waals surface area contributed by atoms with Crippen LogP contribution in [0.3, 0.4) is 0 Å². The average Bonchev–Trinajstić information content (AvgIpc) is 2.39. The van der Waals surface area contributed by atoms with Crippen LogP contribution < -0.4 is 9.47 Å². The van der Waals surface area contributed by atoms with Crippen LogP contribution >= 0.6 is 0 Å². The zero-order chi connectivity index (χ0) is 10.7. The van der Waals surface area contributed by atoms with Gasteiger partial charge < -0.3 is 9.47 Å². The molecular weight excluding hydrogens is 196 g/mol. The van der Waals surface area contributed by atoms with Gasteiger partial charge in [-0.05, 0) is 19.1 Å². The lowest BCUT2D eigenvalue weighted by molar-refractivity contribution is -0.587. The number of fused-ring (bicyclic) bond motifs is 3. The van der Waals surface area contributed by atoms with Crippen LogP contribution in [0.1, 0.15) is 19.4 Å². The zero-order valence-corrected chi connectivity index (χ0v) is 8.87. The van der Waals surface area contributed by atoms with Gasteiger partial charge in [0.1, 0.15) is 11.5 Å². The summed E-state index contributed by atoms with van der Waals surface area (Å²) in [6, 6.07) is 5.66. The smallest absolute Gasteiger partial charge is 0.273 e. The highest BCUT2D eigenvalue weighted by Crippen LogP contribution is 2.59. The third-order valence-corrected chi connectivity index (χ3v) is 3.22. The van der Waals surface area contributed by atoms with Crippen molar-refractivity contribution in [2.45, 2.75) is 25.2 Å². The molecule has 15 heavy (non-hydrogen) atoms. The first-order chi connectivity index (χ1) is 7.11. The third kappa shape index (κ3) is 0.843. The Morgan fingerprint density at radius 1 is 1.20 bits per heavy atom. The topological polar surface area (TPSA) is 36.9 Å². The molecule has 4 heteroatoms. The highest BCUT2D eigenvalue weighted by molar-refractivity contribution is 5.53. The Hall–Kier alpha value is -1.26. The summed E-state index contributed by atoms with van der Waals surface area (Å²) >= 11 is 0. The third-order valence-electron chi connectivity index (χ3n) is 3.22. The number of rotatable bonds is 1. The summed E-state index contributed by atoms with van der Waals surface area (Å²) in [7, 11) is 1.63. The summed E-state index contributed by atoms with van der Waals surface area (Å²) in [5.41, 5.74) is 0.343. The summed E-state index contributed by atoms with van der Waals surface area (Å²) in [5.74, 6) is 0.795. The van der Waals surface area contributed by atoms with Crippen LogP contribution in [-0.4, -0.2) is 12.9 Å². The van der Waals surface area contributed by atoms with Crippen LogP contribution in [0.4, 0.5) is 0 Å². The molecule has 3 rings (SSSR count). The second kappa shape index (κ2) is 2.46. The Morgan fingerprint density at radius 3 is 2.60 bits per heavy atom. The van der Waals surface area contributed by atoms with Gasteiger partial charge in [0.2, 0.25) is 0 Å². The lowest BCUT2D eigenvalue weighted by Crippen LogP contribution is -2.60. The quantitative estimate of drug-likeness (QED) is 0.661. The molecule has 2 heterocycles. The molecule has 2 unspecified atom stereocenters. The number of ether oxygens (including phenoxy) is 2. The molecular formula is C11H12O4. The first kappa shape index (κ1) is 9.00. The molecule has 0 spiro atoms. The van der Waals surface area contributed by atoms with E-state index >= 15 is 0 Å². The lowest BCUT2D eigenvalue weighted by Gasteiger charge is -2.45. The fraction of sp³-hybridized carbons (Fsp3) is 0.455. The summed E-state index contributed by atoms with van der Waals surface area (Å²) in [6.45, 7) is 3.79. The van der Waals surface area contributed by atoms with E-state index in [1.165, 1.54) is 0 Å². The average molecular weight is 208 g/mol. The minimum atomic E-state index is -0.732. The molecule has 1 aromatic carbocycles. The van der Waals surface area contributed by atoms with Crippen molar-refractivity contribution in [3.63, 3.8) is 0 Å². The van der Waals surface area contributed by atoms with Gasteiger partial charge in [0.05, 0.1) is 12.7 Å². The second-order valence-corrected chi connectivity index (χ2v) is 4.08. The van der Waals surface area contributed by atoms with E-state index in [4.69, 9.17) is 19.2 Å². The van der Waals surface area contributed by atoms with Crippen LogP contribution in [0.2, 0.25) is 0 Å². The Morgan fingerprint density at radius 2 is 2.00 bits per heavy atom. The fourth-order valence-corrected chi connectivity index (χ4v) is 2.11. The van der Waals surface area contributed by atoms with Crippen molar-refractivity contribution in [3.05, 3.63) is 23.8 Å². The van der Waals surface area contributed by atoms with Crippen molar-refractivity contribution < 1.29 is 19.2 Å². The van der Waals surface area contributed by atoms with Crippen molar-refractivity contribution in [2.75, 3.05) is 7.11 Å². The van der Waals surface area contributed by atoms with Gasteiger partial charge in [0, 0.05) is 6.92 Å². The monoisotopic (exact) mass is 208 g/mol. The van der Waals surface area contributed by atoms with E-state index in [2.05, 4.69) is 0 Å². The van der Waals surface area contributed by atoms with Crippen molar-refractivity contribution >= 4 is 0 Å². The normalized spacial score (nSPS) is 36.2. The summed E-state index contributed by atoms with van der Waals surface area (Å²) in [5, 5.41) is 0. The van der Waals surface area contributed by atoms with E-state index in [1.807, 2.05) is 32.0 Å². The largest absolute Gasteiger partial charge is 0.496 e. The Bertz CT molecular complexity index is 431. The molecule has 0 radical (unpaired) electrons. The maximum atomic E-state index is 5.71. The molecule has 2 aliphatic rings. The van der Waals surface area contributed by atoms with Gasteiger partial charge in [-0.1, -0.05) is 6.07 Å². The highest BCUT2D eigenvalue weighted by Gasteiger charge is 2.68. The molecule has 1 aromatic rings. The van der Waals surface area contributed by atoms with Crippen molar-refractivity contribution in [2.24, 2.45) is 0 Å². The van der Waals surface area contributed by atoms with Crippen molar-refractivity contribution in [1.82, 2.24) is 0 Å². The lowest BCUT2D eigenvalue weighted by atomic mass is 9.88. The maximum Gasteiger partial charge on any atom is 0.273 e. The van der Waals surface area contributed by atoms with Gasteiger partial charge >= 0.3 is 0 Å². The summed E-state index contributed by atoms with van der Waals surface area (Å²) < 4.78 is 11.0. The fourth-order valence-electron chi connectivity index (χ4n) is 2.11. The number of methoxy groups -OCH3 is 1. The predicted molar refractivity (Wildman–Crippen MR) is 51.5 cm³/mol. The number of hydrogen-bond donors (Lipinski definition) is 0. The minimum absolute atomic E-state index is 0.574. The highest BCUT2D eigenvalue weighted by atomic mass is 17.3. The molecule has 0 N–H and O–H groups in total. The van der Waals surface area contributed by atoms with Crippen LogP contribution in [0.5, 0.6) is 11.5 Å². The first-order valence-electron chi connectivity index (χ1n) is 4.84. The van der Waals surface area contributed by atoms with Crippen molar-refractivity contribution in [3.8, 4) is 11.5 Å². The molecule has 80 valence electrons. The number of benzene rings is 1. The molecule has 2 atom stereocenters. The molecule has 0 bridgehead atoms. The molecule has 2 aliphatic heterocycles. The standard InChI is InChI=1S/C11H12O4/c1-10-9-7(12-3)5-4-6-8(9)13-11(10,2)15-14-10/h4-6H,1-3H3. The molecule has 4 nitrogen and oxygen atoms in total. The molecule has 1 saturated heterocycles. The van der Waals surface area contributed by atoms with E-state index in [-0.39, 0.29) is 0 Å². The summed E-state index contributed by atoms with van der Waals surface area (Å²) in [4.78, 5) is 10.3. The second-order valence-electron chi connectivity index (χ2n) is 4.08. The van der Waals surface area contributed by atoms with E-state index in [0.717, 1.165) is 17.1 Å². The molecule has 1 fully saturated rings. The van der Waals surface area contributed by atoms with Gasteiger partial charge in [0.15, 0.2) is 5.60 Å². The van der Waals surface area contributed by atoms with E-state index in [0.29, 0.717) is 0 Å². The maximum absolute atomic E-state index is 5.71. The van der Waals surface area contributed by atoms with Gasteiger partial charge in [-0.2, -0.15) is 4.89 Å². The van der Waals surface area contributed by atoms with Gasteiger partial charge in [-0.3, -0.25) is 0 Å². The van der Waals surface area contributed by atoms with Crippen molar-refractivity contribution in [1.29, 1.82) is 0 Å². The molecule has 0 aromatic heterocycles. The zero-order valence-electron chi connectivity index (χ0n) is 8.87. The van der Waals surface area contributed by atoms with Gasteiger partial charge in [-0.25, -0.2) is 4.89 Å². The molecule has 0 saturated carbocycles. The SMILES string of the molecule is COc1cccc2c1C1(C)OOC1(C)O2. The van der Waals surface area contributed by atoms with Crippen LogP contribution in [-0.2, 0) is 15.4 Å². The Kier molecular flexibility index (Phi) is 1.47. The Balaban J connectivity index is 2.22. The first-order valence-corrected chi connectivity index (χ1v) is 4.84. The van der Waals surface area contributed by atoms with Gasteiger partial charge in [-0.15, -0.1) is 0 Å². The van der Waals surface area contributed by atoms with Crippen LogP contribution in [0, 0.1) is 0 Å². The molecule has 0 aliphatic carbocycles. The van der Waals surface area contributed by atoms with E-state index < -0.39 is 11.4 Å². The molecule has 0 amide bonds. The van der Waals surface area contributed by atoms with Crippen LogP contribution in [0.15, 0.2) is 18.2 Å². The van der Waals surface area contributed by atoms with E-state index in [9.17, 15) is 0 Å². The van der Waals surface area contributed by atoms with Gasteiger partial charge in [0.25, 0.3) is 5.79 Å². The Labute approximate surface area is 87.6 Å². The summed E-state index contributed by atoms with van der Waals surface area (Å²) in [6.07, 6.45) is 0. The van der Waals surface area contributed by atoms with E-state index in [1.54, 1.807) is 7.11 Å². The predicted octanol–water partition coefficient (Wildman–Crippen LogP) is 1.98.